The second kappa shape index (κ2) is 7.36. The average Bonchev–Trinajstić information content (AvgIpc) is 2.92. The Morgan fingerprint density at radius 2 is 1.83 bits per heavy atom. The highest BCUT2D eigenvalue weighted by atomic mass is 32.2. The summed E-state index contributed by atoms with van der Waals surface area (Å²) in [5, 5.41) is 13.6. The summed E-state index contributed by atoms with van der Waals surface area (Å²) < 4.78 is 31.8. The molecule has 1 aromatic heterocycles. The van der Waals surface area contributed by atoms with Crippen molar-refractivity contribution in [2.24, 2.45) is 0 Å². The largest absolute Gasteiger partial charge is 0.465 e. The van der Waals surface area contributed by atoms with Gasteiger partial charge in [-0.05, 0) is 31.2 Å². The highest BCUT2D eigenvalue weighted by Crippen LogP contribution is 2.15. The fourth-order valence-electron chi connectivity index (χ4n) is 1.90. The Morgan fingerprint density at radius 1 is 1.13 bits per heavy atom. The van der Waals surface area contributed by atoms with Crippen molar-refractivity contribution in [1.82, 2.24) is 10.0 Å². The standard InChI is InChI=1S/C14H17N3O5S/c1-11-2-5-13(22-11)10-15-8-9-16-23(20,21)14-6-3-12(4-7-14)17(18)19/h2-7,15-16H,8-10H2,1H3. The molecular formula is C14H17N3O5S. The molecule has 0 radical (unpaired) electrons. The monoisotopic (exact) mass is 339 g/mol. The van der Waals surface area contributed by atoms with Crippen LogP contribution in [0.15, 0.2) is 45.7 Å². The molecule has 0 fully saturated rings. The Labute approximate surface area is 133 Å². The number of sulfonamides is 1. The topological polar surface area (TPSA) is 114 Å². The summed E-state index contributed by atoms with van der Waals surface area (Å²) in [6.45, 7) is 2.97. The molecule has 0 aliphatic rings. The molecule has 0 amide bonds. The van der Waals surface area contributed by atoms with Gasteiger partial charge < -0.3 is 9.73 Å². The zero-order valence-electron chi connectivity index (χ0n) is 12.5. The van der Waals surface area contributed by atoms with Crippen molar-refractivity contribution in [3.63, 3.8) is 0 Å². The maximum absolute atomic E-state index is 12.0. The summed E-state index contributed by atoms with van der Waals surface area (Å²) in [6, 6.07) is 8.44. The Balaban J connectivity index is 1.80. The van der Waals surface area contributed by atoms with E-state index in [1.54, 1.807) is 0 Å². The molecule has 0 aliphatic carbocycles. The Hall–Kier alpha value is -2.23. The first kappa shape index (κ1) is 17.1. The zero-order chi connectivity index (χ0) is 16.9. The van der Waals surface area contributed by atoms with Crippen LogP contribution in [-0.4, -0.2) is 26.4 Å². The van der Waals surface area contributed by atoms with E-state index in [0.717, 1.165) is 23.7 Å². The van der Waals surface area contributed by atoms with E-state index in [4.69, 9.17) is 4.42 Å². The molecule has 1 heterocycles. The predicted octanol–water partition coefficient (Wildman–Crippen LogP) is 1.56. The lowest BCUT2D eigenvalue weighted by Gasteiger charge is -2.07. The van der Waals surface area contributed by atoms with Gasteiger partial charge in [-0.25, -0.2) is 13.1 Å². The van der Waals surface area contributed by atoms with Crippen LogP contribution in [0.4, 0.5) is 5.69 Å². The van der Waals surface area contributed by atoms with Crippen LogP contribution in [0.5, 0.6) is 0 Å². The lowest BCUT2D eigenvalue weighted by Crippen LogP contribution is -2.31. The van der Waals surface area contributed by atoms with Crippen molar-refractivity contribution in [1.29, 1.82) is 0 Å². The predicted molar refractivity (Wildman–Crippen MR) is 83.4 cm³/mol. The third-order valence-corrected chi connectivity index (χ3v) is 4.52. The van der Waals surface area contributed by atoms with E-state index in [1.807, 2.05) is 19.1 Å². The maximum Gasteiger partial charge on any atom is 0.269 e. The van der Waals surface area contributed by atoms with Gasteiger partial charge in [0.1, 0.15) is 11.5 Å². The molecule has 2 aromatic rings. The molecule has 1 aromatic carbocycles. The molecule has 2 N–H and O–H groups in total. The van der Waals surface area contributed by atoms with Gasteiger partial charge in [-0.2, -0.15) is 0 Å². The smallest absolute Gasteiger partial charge is 0.269 e. The molecule has 23 heavy (non-hydrogen) atoms. The molecular weight excluding hydrogens is 322 g/mol. The fourth-order valence-corrected chi connectivity index (χ4v) is 2.93. The van der Waals surface area contributed by atoms with E-state index in [1.165, 1.54) is 12.1 Å². The van der Waals surface area contributed by atoms with E-state index >= 15 is 0 Å². The number of aryl methyl sites for hydroxylation is 1. The number of non-ortho nitro benzene ring substituents is 1. The molecule has 9 heteroatoms. The first-order valence-electron chi connectivity index (χ1n) is 6.88. The van der Waals surface area contributed by atoms with Crippen molar-refractivity contribution in [2.75, 3.05) is 13.1 Å². The Kier molecular flexibility index (Phi) is 5.48. The molecule has 0 bridgehead atoms. The first-order chi connectivity index (χ1) is 10.9. The number of hydrogen-bond acceptors (Lipinski definition) is 6. The number of rotatable bonds is 8. The van der Waals surface area contributed by atoms with Gasteiger partial charge in [-0.1, -0.05) is 0 Å². The third kappa shape index (κ3) is 4.88. The van der Waals surface area contributed by atoms with Gasteiger partial charge in [0.05, 0.1) is 16.4 Å². The lowest BCUT2D eigenvalue weighted by atomic mass is 10.3. The summed E-state index contributed by atoms with van der Waals surface area (Å²) in [6.07, 6.45) is 0. The van der Waals surface area contributed by atoms with Crippen LogP contribution >= 0.6 is 0 Å². The number of furan rings is 1. The first-order valence-corrected chi connectivity index (χ1v) is 8.37. The van der Waals surface area contributed by atoms with Gasteiger partial charge in [-0.3, -0.25) is 10.1 Å². The summed E-state index contributed by atoms with van der Waals surface area (Å²) in [4.78, 5) is 9.96. The molecule has 124 valence electrons. The van der Waals surface area contributed by atoms with Crippen LogP contribution in [0.1, 0.15) is 11.5 Å². The number of nitrogens with one attached hydrogen (secondary N) is 2. The van der Waals surface area contributed by atoms with Gasteiger partial charge in [0.15, 0.2) is 0 Å². The number of hydrogen-bond donors (Lipinski definition) is 2. The van der Waals surface area contributed by atoms with Gasteiger partial charge in [0.25, 0.3) is 5.69 Å². The molecule has 8 nitrogen and oxygen atoms in total. The number of benzene rings is 1. The summed E-state index contributed by atoms with van der Waals surface area (Å²) >= 11 is 0. The van der Waals surface area contributed by atoms with Crippen molar-refractivity contribution in [3.8, 4) is 0 Å². The summed E-state index contributed by atoms with van der Waals surface area (Å²) in [5.41, 5.74) is -0.153. The van der Waals surface area contributed by atoms with Crippen molar-refractivity contribution in [2.45, 2.75) is 18.4 Å². The minimum Gasteiger partial charge on any atom is -0.465 e. The normalized spacial score (nSPS) is 11.5. The zero-order valence-corrected chi connectivity index (χ0v) is 13.3. The van der Waals surface area contributed by atoms with E-state index in [0.29, 0.717) is 13.1 Å². The number of nitro groups is 1. The van der Waals surface area contributed by atoms with Crippen LogP contribution in [0.3, 0.4) is 0 Å². The third-order valence-electron chi connectivity index (χ3n) is 3.05. The van der Waals surface area contributed by atoms with E-state index in [9.17, 15) is 18.5 Å². The second-order valence-electron chi connectivity index (χ2n) is 4.84. The van der Waals surface area contributed by atoms with Gasteiger partial charge in [0.2, 0.25) is 10.0 Å². The minimum atomic E-state index is -3.68. The molecule has 0 aliphatic heterocycles. The SMILES string of the molecule is Cc1ccc(CNCCNS(=O)(=O)c2ccc([N+](=O)[O-])cc2)o1. The van der Waals surface area contributed by atoms with Crippen LogP contribution < -0.4 is 10.0 Å². The van der Waals surface area contributed by atoms with E-state index in [2.05, 4.69) is 10.0 Å². The van der Waals surface area contributed by atoms with Gasteiger partial charge in [0, 0.05) is 25.2 Å². The quantitative estimate of drug-likeness (QED) is 0.428. The highest BCUT2D eigenvalue weighted by molar-refractivity contribution is 7.89. The van der Waals surface area contributed by atoms with E-state index < -0.39 is 14.9 Å². The van der Waals surface area contributed by atoms with Crippen LogP contribution in [0.2, 0.25) is 0 Å². The van der Waals surface area contributed by atoms with Crippen LogP contribution in [0, 0.1) is 17.0 Å². The Morgan fingerprint density at radius 3 is 2.39 bits per heavy atom. The molecule has 0 spiro atoms. The molecule has 0 atom stereocenters. The average molecular weight is 339 g/mol. The summed E-state index contributed by atoms with van der Waals surface area (Å²) in [7, 11) is -3.68. The minimum absolute atomic E-state index is 0.00948. The maximum atomic E-state index is 12.0. The van der Waals surface area contributed by atoms with E-state index in [-0.39, 0.29) is 17.1 Å². The second-order valence-corrected chi connectivity index (χ2v) is 6.60. The van der Waals surface area contributed by atoms with Crippen molar-refractivity contribution >= 4 is 15.7 Å². The lowest BCUT2D eigenvalue weighted by molar-refractivity contribution is -0.384. The van der Waals surface area contributed by atoms with Crippen LogP contribution in [-0.2, 0) is 16.6 Å². The summed E-state index contributed by atoms with van der Waals surface area (Å²) in [5.74, 6) is 1.60. The molecule has 0 unspecified atom stereocenters. The number of nitrogens with zero attached hydrogens (tertiary/aromatic N) is 1. The molecule has 0 saturated heterocycles. The highest BCUT2D eigenvalue weighted by Gasteiger charge is 2.15. The fraction of sp³-hybridized carbons (Fsp3) is 0.286. The van der Waals surface area contributed by atoms with Gasteiger partial charge in [-0.15, -0.1) is 0 Å². The van der Waals surface area contributed by atoms with Gasteiger partial charge >= 0.3 is 0 Å². The van der Waals surface area contributed by atoms with Crippen molar-refractivity contribution < 1.29 is 17.8 Å². The molecule has 2 rings (SSSR count). The van der Waals surface area contributed by atoms with Crippen LogP contribution in [0.25, 0.3) is 0 Å². The Bertz CT molecular complexity index is 768. The molecule has 0 saturated carbocycles. The van der Waals surface area contributed by atoms with Crippen molar-refractivity contribution in [3.05, 3.63) is 58.0 Å². The number of nitro benzene ring substituents is 1.